The molecule has 0 fully saturated rings. The molecule has 0 aliphatic rings. The van der Waals surface area contributed by atoms with Crippen LogP contribution in [0.15, 0.2) is 52.9 Å². The lowest BCUT2D eigenvalue weighted by Crippen LogP contribution is -2.14. The van der Waals surface area contributed by atoms with Crippen LogP contribution in [0.3, 0.4) is 0 Å². The number of carbonyl (C=O) groups is 1. The van der Waals surface area contributed by atoms with Gasteiger partial charge in [0.25, 0.3) is 0 Å². The first-order chi connectivity index (χ1) is 12.0. The molecule has 4 nitrogen and oxygen atoms in total. The number of carbonyl (C=O) groups excluding carboxylic acids is 1. The molecule has 0 atom stereocenters. The molecule has 2 aromatic carbocycles. The van der Waals surface area contributed by atoms with Crippen LogP contribution in [0.1, 0.15) is 0 Å². The summed E-state index contributed by atoms with van der Waals surface area (Å²) in [6.45, 7) is 0. The lowest BCUT2D eigenvalue weighted by molar-refractivity contribution is -0.113. The highest BCUT2D eigenvalue weighted by Gasteiger charge is 2.11. The zero-order valence-electron chi connectivity index (χ0n) is 12.6. The average Bonchev–Trinajstić information content (AvgIpc) is 2.97. The highest BCUT2D eigenvalue weighted by Crippen LogP contribution is 2.24. The lowest BCUT2D eigenvalue weighted by Gasteiger charge is -2.04. The summed E-state index contributed by atoms with van der Waals surface area (Å²) in [5, 5.41) is 6.83. The molecule has 3 rings (SSSR count). The van der Waals surface area contributed by atoms with Crippen molar-refractivity contribution in [2.24, 2.45) is 0 Å². The minimum absolute atomic E-state index is 0.0695. The standard InChI is InChI=1S/C16H11F2N3OS3/c17-10-5-7-11(8-6-10)21-16(23)25-15(20-21)24-9-14(22)19-13-4-2-1-3-12(13)18/h1-8H,9H2,(H,19,22). The first-order valence-electron chi connectivity index (χ1n) is 7.06. The van der Waals surface area contributed by atoms with E-state index in [9.17, 15) is 13.6 Å². The second kappa shape index (κ2) is 7.85. The zero-order valence-corrected chi connectivity index (χ0v) is 15.1. The SMILES string of the molecule is O=C(CSc1nn(-c2ccc(F)cc2)c(=S)s1)Nc1ccccc1F. The Balaban J connectivity index is 1.65. The van der Waals surface area contributed by atoms with Gasteiger partial charge in [0.1, 0.15) is 11.6 Å². The molecular formula is C16H11F2N3OS3. The van der Waals surface area contributed by atoms with Crippen LogP contribution in [0.5, 0.6) is 0 Å². The number of anilines is 1. The van der Waals surface area contributed by atoms with Gasteiger partial charge in [0.15, 0.2) is 8.29 Å². The third-order valence-corrected chi connectivity index (χ3v) is 5.44. The van der Waals surface area contributed by atoms with Crippen LogP contribution in [-0.2, 0) is 4.79 Å². The maximum atomic E-state index is 13.5. The average molecular weight is 395 g/mol. The maximum Gasteiger partial charge on any atom is 0.234 e. The van der Waals surface area contributed by atoms with Gasteiger partial charge >= 0.3 is 0 Å². The van der Waals surface area contributed by atoms with Crippen molar-refractivity contribution in [1.29, 1.82) is 0 Å². The van der Waals surface area contributed by atoms with Crippen molar-refractivity contribution in [3.05, 3.63) is 64.1 Å². The number of nitrogens with one attached hydrogen (secondary N) is 1. The van der Waals surface area contributed by atoms with Crippen LogP contribution in [0.4, 0.5) is 14.5 Å². The Morgan fingerprint density at radius 1 is 1.20 bits per heavy atom. The third kappa shape index (κ3) is 4.50. The fourth-order valence-electron chi connectivity index (χ4n) is 1.94. The Bertz CT molecular complexity index is 954. The number of hydrogen-bond acceptors (Lipinski definition) is 5. The van der Waals surface area contributed by atoms with Gasteiger partial charge in [0.05, 0.1) is 17.1 Å². The van der Waals surface area contributed by atoms with Crippen molar-refractivity contribution >= 4 is 46.9 Å². The number of benzene rings is 2. The number of halogens is 2. The lowest BCUT2D eigenvalue weighted by atomic mass is 10.3. The van der Waals surface area contributed by atoms with Crippen LogP contribution in [0, 0.1) is 15.6 Å². The highest BCUT2D eigenvalue weighted by molar-refractivity contribution is 8.01. The van der Waals surface area contributed by atoms with Crippen molar-refractivity contribution in [1.82, 2.24) is 9.78 Å². The Hall–Kier alpha value is -2.10. The van der Waals surface area contributed by atoms with E-state index in [2.05, 4.69) is 10.4 Å². The first-order valence-corrected chi connectivity index (χ1v) is 9.27. The molecule has 3 aromatic rings. The molecule has 1 heterocycles. The van der Waals surface area contributed by atoms with Gasteiger partial charge in [0.2, 0.25) is 5.91 Å². The number of thioether (sulfide) groups is 1. The fourth-order valence-corrected chi connectivity index (χ4v) is 4.10. The molecule has 0 spiro atoms. The van der Waals surface area contributed by atoms with Gasteiger partial charge in [-0.05, 0) is 48.6 Å². The summed E-state index contributed by atoms with van der Waals surface area (Å²) >= 11 is 7.70. The number of hydrogen-bond donors (Lipinski definition) is 1. The van der Waals surface area contributed by atoms with Crippen LogP contribution in [0.25, 0.3) is 5.69 Å². The molecule has 1 amide bonds. The molecule has 0 unspecified atom stereocenters. The summed E-state index contributed by atoms with van der Waals surface area (Å²) in [7, 11) is 0. The van der Waals surface area contributed by atoms with Gasteiger partial charge in [-0.25, -0.2) is 13.5 Å². The molecule has 9 heteroatoms. The fraction of sp³-hybridized carbons (Fsp3) is 0.0625. The molecule has 0 bridgehead atoms. The van der Waals surface area contributed by atoms with Crippen LogP contribution in [-0.4, -0.2) is 21.4 Å². The summed E-state index contributed by atoms with van der Waals surface area (Å²) in [6, 6.07) is 11.8. The van der Waals surface area contributed by atoms with E-state index in [0.717, 1.165) is 0 Å². The first kappa shape index (κ1) is 17.7. The largest absolute Gasteiger partial charge is 0.323 e. The molecule has 1 aromatic heterocycles. The number of amides is 1. The zero-order chi connectivity index (χ0) is 17.8. The minimum atomic E-state index is -0.489. The maximum absolute atomic E-state index is 13.5. The van der Waals surface area contributed by atoms with Crippen LogP contribution >= 0.6 is 35.3 Å². The predicted molar refractivity (Wildman–Crippen MR) is 98.0 cm³/mol. The van der Waals surface area contributed by atoms with Crippen LogP contribution in [0.2, 0.25) is 0 Å². The Kier molecular flexibility index (Phi) is 5.57. The highest BCUT2D eigenvalue weighted by atomic mass is 32.2. The third-order valence-electron chi connectivity index (χ3n) is 3.08. The number of aromatic nitrogens is 2. The minimum Gasteiger partial charge on any atom is -0.323 e. The molecule has 0 radical (unpaired) electrons. The Morgan fingerprint density at radius 3 is 2.64 bits per heavy atom. The van der Waals surface area contributed by atoms with Gasteiger partial charge in [-0.15, -0.1) is 5.10 Å². The van der Waals surface area contributed by atoms with E-state index in [1.54, 1.807) is 24.3 Å². The summed E-state index contributed by atoms with van der Waals surface area (Å²) in [4.78, 5) is 11.9. The van der Waals surface area contributed by atoms with Crippen molar-refractivity contribution in [3.8, 4) is 5.69 Å². The molecule has 0 saturated carbocycles. The van der Waals surface area contributed by atoms with Crippen molar-refractivity contribution < 1.29 is 13.6 Å². The topological polar surface area (TPSA) is 46.9 Å². The van der Waals surface area contributed by atoms with Gasteiger partial charge in [-0.1, -0.05) is 35.2 Å². The second-order valence-electron chi connectivity index (χ2n) is 4.84. The van der Waals surface area contributed by atoms with Gasteiger partial charge in [0, 0.05) is 0 Å². The number of nitrogens with zero attached hydrogens (tertiary/aromatic N) is 2. The summed E-state index contributed by atoms with van der Waals surface area (Å²) in [6.07, 6.45) is 0. The summed E-state index contributed by atoms with van der Waals surface area (Å²) < 4.78 is 29.1. The molecule has 128 valence electrons. The van der Waals surface area contributed by atoms with Crippen molar-refractivity contribution in [2.75, 3.05) is 11.1 Å². The van der Waals surface area contributed by atoms with E-state index in [-0.39, 0.29) is 23.2 Å². The van der Waals surface area contributed by atoms with Crippen LogP contribution < -0.4 is 5.32 Å². The molecule has 0 aliphatic carbocycles. The van der Waals surface area contributed by atoms with E-state index in [0.29, 0.717) is 14.0 Å². The Morgan fingerprint density at radius 2 is 1.92 bits per heavy atom. The smallest absolute Gasteiger partial charge is 0.234 e. The normalized spacial score (nSPS) is 10.6. The van der Waals surface area contributed by atoms with Gasteiger partial charge in [-0.3, -0.25) is 4.79 Å². The quantitative estimate of drug-likeness (QED) is 0.504. The van der Waals surface area contributed by atoms with E-state index in [1.165, 1.54) is 52.0 Å². The van der Waals surface area contributed by atoms with Gasteiger partial charge in [-0.2, -0.15) is 0 Å². The molecule has 1 N–H and O–H groups in total. The van der Waals surface area contributed by atoms with Crippen molar-refractivity contribution in [3.63, 3.8) is 0 Å². The predicted octanol–water partition coefficient (Wildman–Crippen LogP) is 4.67. The molecule has 0 aliphatic heterocycles. The summed E-state index contributed by atoms with van der Waals surface area (Å²) in [5.74, 6) is -1.11. The molecular weight excluding hydrogens is 384 g/mol. The molecule has 25 heavy (non-hydrogen) atoms. The van der Waals surface area contributed by atoms with E-state index >= 15 is 0 Å². The monoisotopic (exact) mass is 395 g/mol. The molecule has 0 saturated heterocycles. The van der Waals surface area contributed by atoms with E-state index in [4.69, 9.17) is 12.2 Å². The Labute approximate surface area is 155 Å². The van der Waals surface area contributed by atoms with Gasteiger partial charge < -0.3 is 5.32 Å². The second-order valence-corrected chi connectivity index (χ2v) is 7.68. The van der Waals surface area contributed by atoms with E-state index in [1.807, 2.05) is 0 Å². The van der Waals surface area contributed by atoms with Crippen molar-refractivity contribution in [2.45, 2.75) is 4.34 Å². The number of para-hydroxylation sites is 1. The summed E-state index contributed by atoms with van der Waals surface area (Å²) in [5.41, 5.74) is 0.780. The number of rotatable bonds is 5. The van der Waals surface area contributed by atoms with E-state index < -0.39 is 5.82 Å².